The van der Waals surface area contributed by atoms with Crippen LogP contribution in [0.15, 0.2) is 42.5 Å². The predicted octanol–water partition coefficient (Wildman–Crippen LogP) is 3.82. The molecule has 0 spiro atoms. The Labute approximate surface area is 122 Å². The van der Waals surface area contributed by atoms with Gasteiger partial charge < -0.3 is 15.2 Å². The van der Waals surface area contributed by atoms with Gasteiger partial charge in [-0.2, -0.15) is 0 Å². The molecule has 0 unspecified atom stereocenters. The summed E-state index contributed by atoms with van der Waals surface area (Å²) in [7, 11) is 0. The van der Waals surface area contributed by atoms with E-state index < -0.39 is 0 Å². The Bertz CT molecular complexity index is 612. The van der Waals surface area contributed by atoms with E-state index in [9.17, 15) is 0 Å². The molecule has 2 aromatic rings. The van der Waals surface area contributed by atoms with Gasteiger partial charge in [-0.1, -0.05) is 17.7 Å². The summed E-state index contributed by atoms with van der Waals surface area (Å²) in [5.74, 6) is 1.72. The summed E-state index contributed by atoms with van der Waals surface area (Å²) in [4.78, 5) is 0. The van der Waals surface area contributed by atoms with Gasteiger partial charge in [0, 0.05) is 0 Å². The lowest BCUT2D eigenvalue weighted by Crippen LogP contribution is -2.13. The number of nitrogens with one attached hydrogen (secondary N) is 1. The highest BCUT2D eigenvalue weighted by Crippen LogP contribution is 2.30. The molecule has 20 heavy (non-hydrogen) atoms. The highest BCUT2D eigenvalue weighted by Gasteiger charge is 2.11. The summed E-state index contributed by atoms with van der Waals surface area (Å²) in [6.45, 7) is 2.54. The van der Waals surface area contributed by atoms with Gasteiger partial charge in [0.05, 0.1) is 17.2 Å². The third kappa shape index (κ3) is 3.22. The van der Waals surface area contributed by atoms with Crippen molar-refractivity contribution in [1.29, 1.82) is 5.41 Å². The van der Waals surface area contributed by atoms with Crippen LogP contribution in [0.3, 0.4) is 0 Å². The van der Waals surface area contributed by atoms with Gasteiger partial charge in [0.2, 0.25) is 0 Å². The number of rotatable bonds is 5. The van der Waals surface area contributed by atoms with Crippen LogP contribution in [0.4, 0.5) is 0 Å². The Kier molecular flexibility index (Phi) is 4.48. The molecule has 4 nitrogen and oxygen atoms in total. The molecule has 0 radical (unpaired) electrons. The molecule has 104 valence electrons. The molecule has 0 heterocycles. The number of amidine groups is 1. The van der Waals surface area contributed by atoms with E-state index in [0.717, 1.165) is 5.75 Å². The summed E-state index contributed by atoms with van der Waals surface area (Å²) in [6, 6.07) is 12.3. The zero-order valence-electron chi connectivity index (χ0n) is 11.0. The smallest absolute Gasteiger partial charge is 0.139 e. The number of ether oxygens (including phenoxy) is 2. The highest BCUT2D eigenvalue weighted by atomic mass is 35.5. The molecule has 0 amide bonds. The first-order chi connectivity index (χ1) is 9.61. The second kappa shape index (κ2) is 6.30. The number of hydrogen-bond acceptors (Lipinski definition) is 3. The Morgan fingerprint density at radius 2 is 1.80 bits per heavy atom. The van der Waals surface area contributed by atoms with Gasteiger partial charge in [-0.3, -0.25) is 5.41 Å². The van der Waals surface area contributed by atoms with Crippen molar-refractivity contribution in [2.45, 2.75) is 6.92 Å². The topological polar surface area (TPSA) is 68.3 Å². The van der Waals surface area contributed by atoms with Crippen LogP contribution in [0, 0.1) is 5.41 Å². The maximum Gasteiger partial charge on any atom is 0.139 e. The highest BCUT2D eigenvalue weighted by molar-refractivity contribution is 6.34. The van der Waals surface area contributed by atoms with E-state index in [2.05, 4.69) is 0 Å². The number of halogens is 1. The van der Waals surface area contributed by atoms with Crippen LogP contribution in [-0.2, 0) is 0 Å². The molecule has 0 aliphatic rings. The van der Waals surface area contributed by atoms with E-state index in [0.29, 0.717) is 28.7 Å². The molecule has 0 aliphatic heterocycles. The number of nitrogen functional groups attached to an aromatic ring is 1. The van der Waals surface area contributed by atoms with Gasteiger partial charge >= 0.3 is 0 Å². The summed E-state index contributed by atoms with van der Waals surface area (Å²) in [6.07, 6.45) is 0. The minimum atomic E-state index is -0.128. The molecule has 3 N–H and O–H groups in total. The van der Waals surface area contributed by atoms with E-state index in [1.54, 1.807) is 30.3 Å². The van der Waals surface area contributed by atoms with Crippen molar-refractivity contribution in [3.8, 4) is 17.2 Å². The van der Waals surface area contributed by atoms with Crippen molar-refractivity contribution < 1.29 is 9.47 Å². The van der Waals surface area contributed by atoms with Crippen LogP contribution in [0.25, 0.3) is 0 Å². The van der Waals surface area contributed by atoms with Gasteiger partial charge in [0.1, 0.15) is 23.1 Å². The summed E-state index contributed by atoms with van der Waals surface area (Å²) < 4.78 is 11.1. The lowest BCUT2D eigenvalue weighted by molar-refractivity contribution is 0.339. The molecule has 0 aromatic heterocycles. The average molecular weight is 291 g/mol. The predicted molar refractivity (Wildman–Crippen MR) is 80.2 cm³/mol. The van der Waals surface area contributed by atoms with Crippen molar-refractivity contribution in [2.24, 2.45) is 5.73 Å². The van der Waals surface area contributed by atoms with E-state index in [1.807, 2.05) is 19.1 Å². The quantitative estimate of drug-likeness (QED) is 0.650. The van der Waals surface area contributed by atoms with Crippen molar-refractivity contribution >= 4 is 17.4 Å². The first-order valence-corrected chi connectivity index (χ1v) is 6.53. The molecular formula is C15H15ClN2O2. The molecule has 0 saturated heterocycles. The monoisotopic (exact) mass is 290 g/mol. The van der Waals surface area contributed by atoms with Gasteiger partial charge in [0.15, 0.2) is 0 Å². The largest absolute Gasteiger partial charge is 0.494 e. The molecule has 0 bridgehead atoms. The van der Waals surface area contributed by atoms with Crippen LogP contribution >= 0.6 is 11.6 Å². The third-order valence-electron chi connectivity index (χ3n) is 2.61. The van der Waals surface area contributed by atoms with Gasteiger partial charge in [-0.15, -0.1) is 0 Å². The summed E-state index contributed by atoms with van der Waals surface area (Å²) in [5.41, 5.74) is 5.92. The Balaban J connectivity index is 2.26. The van der Waals surface area contributed by atoms with E-state index in [4.69, 9.17) is 32.2 Å². The van der Waals surface area contributed by atoms with Crippen molar-refractivity contribution in [2.75, 3.05) is 6.61 Å². The second-order valence-electron chi connectivity index (χ2n) is 4.03. The number of nitrogens with two attached hydrogens (primary N) is 1. The van der Waals surface area contributed by atoms with Crippen LogP contribution in [0.1, 0.15) is 12.5 Å². The van der Waals surface area contributed by atoms with Gasteiger partial charge in [-0.25, -0.2) is 0 Å². The fourth-order valence-electron chi connectivity index (χ4n) is 1.75. The normalized spacial score (nSPS) is 10.1. The average Bonchev–Trinajstić information content (AvgIpc) is 2.41. The maximum atomic E-state index is 7.57. The zero-order valence-corrected chi connectivity index (χ0v) is 11.8. The van der Waals surface area contributed by atoms with E-state index >= 15 is 0 Å². The first kappa shape index (κ1) is 14.2. The van der Waals surface area contributed by atoms with Crippen molar-refractivity contribution in [3.05, 3.63) is 53.1 Å². The minimum Gasteiger partial charge on any atom is -0.494 e. The maximum absolute atomic E-state index is 7.57. The molecule has 0 fully saturated rings. The molecular weight excluding hydrogens is 276 g/mol. The molecule has 5 heteroatoms. The van der Waals surface area contributed by atoms with Crippen LogP contribution in [-0.4, -0.2) is 12.4 Å². The van der Waals surface area contributed by atoms with E-state index in [1.165, 1.54) is 0 Å². The molecule has 2 rings (SSSR count). The minimum absolute atomic E-state index is 0.128. The Hall–Kier alpha value is -2.20. The van der Waals surface area contributed by atoms with Gasteiger partial charge in [0.25, 0.3) is 0 Å². The SMILES string of the molecule is CCOc1ccc(Oc2cccc(Cl)c2C(=N)N)cc1. The number of hydrogen-bond donors (Lipinski definition) is 2. The van der Waals surface area contributed by atoms with Crippen molar-refractivity contribution in [3.63, 3.8) is 0 Å². The van der Waals surface area contributed by atoms with Crippen LogP contribution in [0.2, 0.25) is 5.02 Å². The lowest BCUT2D eigenvalue weighted by Gasteiger charge is -2.12. The Morgan fingerprint density at radius 1 is 1.15 bits per heavy atom. The van der Waals surface area contributed by atoms with Gasteiger partial charge in [-0.05, 0) is 43.3 Å². The fourth-order valence-corrected chi connectivity index (χ4v) is 2.02. The third-order valence-corrected chi connectivity index (χ3v) is 2.92. The lowest BCUT2D eigenvalue weighted by atomic mass is 10.2. The summed E-state index contributed by atoms with van der Waals surface area (Å²) in [5, 5.41) is 7.95. The molecule has 0 aliphatic carbocycles. The van der Waals surface area contributed by atoms with Crippen LogP contribution < -0.4 is 15.2 Å². The standard InChI is InChI=1S/C15H15ClN2O2/c1-2-19-10-6-8-11(9-7-10)20-13-5-3-4-12(16)14(13)15(17)18/h3-9H,2H2,1H3,(H3,17,18). The molecule has 2 aromatic carbocycles. The number of benzene rings is 2. The first-order valence-electron chi connectivity index (χ1n) is 6.15. The molecule has 0 atom stereocenters. The van der Waals surface area contributed by atoms with E-state index in [-0.39, 0.29) is 5.84 Å². The summed E-state index contributed by atoms with van der Waals surface area (Å²) >= 11 is 6.04. The van der Waals surface area contributed by atoms with Crippen LogP contribution in [0.5, 0.6) is 17.2 Å². The fraction of sp³-hybridized carbons (Fsp3) is 0.133. The second-order valence-corrected chi connectivity index (χ2v) is 4.44. The zero-order chi connectivity index (χ0) is 14.5. The van der Waals surface area contributed by atoms with Crippen molar-refractivity contribution in [1.82, 2.24) is 0 Å². The Morgan fingerprint density at radius 3 is 2.40 bits per heavy atom. The molecule has 0 saturated carbocycles.